The van der Waals surface area contributed by atoms with Gasteiger partial charge in [0.1, 0.15) is 0 Å². The Balaban J connectivity index is 0. The minimum atomic E-state index is -0.454. The van der Waals surface area contributed by atoms with E-state index < -0.39 is 23.6 Å². The van der Waals surface area contributed by atoms with E-state index in [-0.39, 0.29) is 0 Å². The van der Waals surface area contributed by atoms with Gasteiger partial charge in [0.15, 0.2) is 0 Å². The van der Waals surface area contributed by atoms with E-state index in [2.05, 4.69) is 0 Å². The lowest BCUT2D eigenvalue weighted by Crippen LogP contribution is -2.12. The monoisotopic (exact) mass is 364 g/mol. The molecule has 0 fully saturated rings. The normalized spacial score (nSPS) is 12.8. The van der Waals surface area contributed by atoms with Gasteiger partial charge in [0.05, 0.1) is 0 Å². The quantitative estimate of drug-likeness (QED) is 0.459. The Labute approximate surface area is 153 Å². The van der Waals surface area contributed by atoms with Crippen LogP contribution in [0.25, 0.3) is 0 Å². The maximum atomic E-state index is 10.6. The highest BCUT2D eigenvalue weighted by Gasteiger charge is 1.97. The van der Waals surface area contributed by atoms with Crippen molar-refractivity contribution in [3.63, 3.8) is 0 Å². The zero-order valence-electron chi connectivity index (χ0n) is 15.7. The lowest BCUT2D eigenvalue weighted by Gasteiger charge is -1.93. The summed E-state index contributed by atoms with van der Waals surface area (Å²) in [7, 11) is 0. The van der Waals surface area contributed by atoms with Gasteiger partial charge in [0.2, 0.25) is 23.6 Å². The molecule has 8 N–H and O–H groups in total. The van der Waals surface area contributed by atoms with Crippen LogP contribution in [0.2, 0.25) is 0 Å². The molecule has 8 nitrogen and oxygen atoms in total. The van der Waals surface area contributed by atoms with Gasteiger partial charge < -0.3 is 22.9 Å². The molecule has 0 aliphatic carbocycles. The van der Waals surface area contributed by atoms with E-state index in [4.69, 9.17) is 22.9 Å². The van der Waals surface area contributed by atoms with Crippen molar-refractivity contribution in [3.05, 3.63) is 46.6 Å². The molecule has 0 aromatic carbocycles. The molecule has 0 radical (unpaired) electrons. The summed E-state index contributed by atoms with van der Waals surface area (Å²) in [6.45, 7) is 6.48. The summed E-state index contributed by atoms with van der Waals surface area (Å²) in [6.07, 6.45) is 7.57. The number of allylic oxidation sites excluding steroid dienone is 4. The van der Waals surface area contributed by atoms with Crippen LogP contribution in [-0.2, 0) is 19.2 Å². The van der Waals surface area contributed by atoms with Gasteiger partial charge in [-0.15, -0.1) is 0 Å². The Kier molecular flexibility index (Phi) is 12.7. The van der Waals surface area contributed by atoms with Gasteiger partial charge in [0, 0.05) is 22.3 Å². The minimum Gasteiger partial charge on any atom is -0.366 e. The first kappa shape index (κ1) is 25.1. The van der Waals surface area contributed by atoms with E-state index in [0.717, 1.165) is 0 Å². The van der Waals surface area contributed by atoms with Crippen LogP contribution in [0.3, 0.4) is 0 Å². The lowest BCUT2D eigenvalue weighted by molar-refractivity contribution is -0.115. The van der Waals surface area contributed by atoms with E-state index in [1.165, 1.54) is 0 Å². The number of amides is 4. The Bertz CT molecular complexity index is 557. The zero-order valence-corrected chi connectivity index (χ0v) is 15.7. The number of carbonyl (C=O) groups excluding carboxylic acids is 4. The van der Waals surface area contributed by atoms with Crippen LogP contribution >= 0.6 is 0 Å². The van der Waals surface area contributed by atoms with Gasteiger partial charge in [-0.2, -0.15) is 0 Å². The summed E-state index contributed by atoms with van der Waals surface area (Å²) in [5.74, 6) is -1.81. The molecular weight excluding hydrogens is 336 g/mol. The Morgan fingerprint density at radius 3 is 0.769 bits per heavy atom. The largest absolute Gasteiger partial charge is 0.366 e. The molecule has 4 amide bonds. The van der Waals surface area contributed by atoms with Crippen LogP contribution in [0.5, 0.6) is 0 Å². The van der Waals surface area contributed by atoms with E-state index >= 15 is 0 Å². The first-order valence-corrected chi connectivity index (χ1v) is 7.76. The summed E-state index contributed by atoms with van der Waals surface area (Å²) in [6, 6.07) is 0. The maximum Gasteiger partial charge on any atom is 0.244 e. The number of hydrogen-bond donors (Lipinski definition) is 4. The van der Waals surface area contributed by atoms with Gasteiger partial charge in [-0.1, -0.05) is 24.3 Å². The molecule has 26 heavy (non-hydrogen) atoms. The molecule has 0 atom stereocenters. The Morgan fingerprint density at radius 1 is 0.500 bits per heavy atom. The highest BCUT2D eigenvalue weighted by Crippen LogP contribution is 1.99. The predicted octanol–water partition coefficient (Wildman–Crippen LogP) is 0.479. The zero-order chi connectivity index (χ0) is 20.9. The molecule has 0 aromatic heterocycles. The molecule has 8 heteroatoms. The van der Waals surface area contributed by atoms with Crippen LogP contribution in [0, 0.1) is 0 Å². The Hall–Kier alpha value is -3.16. The van der Waals surface area contributed by atoms with E-state index in [1.807, 2.05) is 0 Å². The minimum absolute atomic E-state index is 0.454. The fraction of sp³-hybridized carbons (Fsp3) is 0.333. The maximum absolute atomic E-state index is 10.6. The molecule has 0 aromatic rings. The Morgan fingerprint density at radius 2 is 0.654 bits per heavy atom. The van der Waals surface area contributed by atoms with Gasteiger partial charge in [-0.25, -0.2) is 0 Å². The molecule has 0 aliphatic rings. The third-order valence-electron chi connectivity index (χ3n) is 3.25. The van der Waals surface area contributed by atoms with E-state index in [9.17, 15) is 19.2 Å². The van der Waals surface area contributed by atoms with Crippen molar-refractivity contribution in [1.29, 1.82) is 0 Å². The van der Waals surface area contributed by atoms with Crippen molar-refractivity contribution in [1.82, 2.24) is 0 Å². The molecule has 0 saturated heterocycles. The molecule has 0 rings (SSSR count). The van der Waals surface area contributed by atoms with Crippen molar-refractivity contribution in [2.75, 3.05) is 0 Å². The average molecular weight is 364 g/mol. The molecule has 144 valence electrons. The van der Waals surface area contributed by atoms with Crippen LogP contribution in [0.1, 0.15) is 40.5 Å². The number of primary amides is 4. The van der Waals surface area contributed by atoms with Crippen molar-refractivity contribution in [2.24, 2.45) is 22.9 Å². The van der Waals surface area contributed by atoms with Gasteiger partial charge >= 0.3 is 0 Å². The third kappa shape index (κ3) is 13.3. The molecule has 0 aliphatic heterocycles. The second kappa shape index (κ2) is 13.2. The van der Waals surface area contributed by atoms with Crippen molar-refractivity contribution in [3.8, 4) is 0 Å². The topological polar surface area (TPSA) is 172 Å². The second-order valence-electron chi connectivity index (χ2n) is 5.48. The number of nitrogens with two attached hydrogens (primary N) is 4. The smallest absolute Gasteiger partial charge is 0.244 e. The second-order valence-corrected chi connectivity index (χ2v) is 5.48. The fourth-order valence-corrected chi connectivity index (χ4v) is 1.23. The van der Waals surface area contributed by atoms with Gasteiger partial charge in [-0.3, -0.25) is 19.2 Å². The van der Waals surface area contributed by atoms with E-state index in [0.29, 0.717) is 35.1 Å². The SMILES string of the molecule is CC(=CCC=C(C)C(N)=O)C(N)=O.CC(=CCC=C(C)C(N)=O)C(N)=O. The summed E-state index contributed by atoms with van der Waals surface area (Å²) in [5.41, 5.74) is 21.9. The van der Waals surface area contributed by atoms with Crippen LogP contribution < -0.4 is 22.9 Å². The van der Waals surface area contributed by atoms with Crippen LogP contribution in [-0.4, -0.2) is 23.6 Å². The van der Waals surface area contributed by atoms with Gasteiger partial charge in [0.25, 0.3) is 0 Å². The summed E-state index contributed by atoms with van der Waals surface area (Å²) >= 11 is 0. The molecular formula is C18H28N4O4. The van der Waals surface area contributed by atoms with Crippen molar-refractivity contribution >= 4 is 23.6 Å². The summed E-state index contributed by atoms with van der Waals surface area (Å²) in [4.78, 5) is 42.2. The fourth-order valence-electron chi connectivity index (χ4n) is 1.23. The van der Waals surface area contributed by atoms with Crippen LogP contribution in [0.4, 0.5) is 0 Å². The standard InChI is InChI=1S/2C9H14N2O2/c2*1-6(8(10)12)4-3-5-7(2)9(11)13/h2*4-5H,3H2,1-2H3,(H2,10,12)(H2,11,13). The van der Waals surface area contributed by atoms with Gasteiger partial charge in [-0.05, 0) is 40.5 Å². The molecule has 0 heterocycles. The van der Waals surface area contributed by atoms with Crippen LogP contribution in [0.15, 0.2) is 46.6 Å². The number of hydrogen-bond acceptors (Lipinski definition) is 4. The highest BCUT2D eigenvalue weighted by molar-refractivity contribution is 5.92. The third-order valence-corrected chi connectivity index (χ3v) is 3.25. The molecule has 0 spiro atoms. The van der Waals surface area contributed by atoms with E-state index in [1.54, 1.807) is 52.0 Å². The average Bonchev–Trinajstić information content (AvgIpc) is 2.54. The lowest BCUT2D eigenvalue weighted by atomic mass is 10.2. The van der Waals surface area contributed by atoms with Crippen molar-refractivity contribution < 1.29 is 19.2 Å². The summed E-state index contributed by atoms with van der Waals surface area (Å²) < 4.78 is 0. The highest BCUT2D eigenvalue weighted by atomic mass is 16.2. The molecule has 0 bridgehead atoms. The molecule has 0 saturated carbocycles. The number of rotatable bonds is 8. The first-order valence-electron chi connectivity index (χ1n) is 7.76. The first-order chi connectivity index (χ1) is 11.9. The van der Waals surface area contributed by atoms with Crippen molar-refractivity contribution in [2.45, 2.75) is 40.5 Å². The molecule has 0 unspecified atom stereocenters. The number of carbonyl (C=O) groups is 4. The summed E-state index contributed by atoms with van der Waals surface area (Å²) in [5, 5.41) is 0. The predicted molar refractivity (Wildman–Crippen MR) is 101 cm³/mol.